The van der Waals surface area contributed by atoms with Crippen LogP contribution < -0.4 is 4.90 Å². The van der Waals surface area contributed by atoms with E-state index < -0.39 is 0 Å². The Hall–Kier alpha value is -2.07. The lowest BCUT2D eigenvalue weighted by molar-refractivity contribution is -0.117. The normalized spacial score (nSPS) is 18.6. The maximum Gasteiger partial charge on any atom is 0.293 e. The highest BCUT2D eigenvalue weighted by Crippen LogP contribution is 2.33. The average molecular weight is 283 g/mol. The van der Waals surface area contributed by atoms with Crippen molar-refractivity contribution in [2.24, 2.45) is 0 Å². The molecule has 0 spiro atoms. The summed E-state index contributed by atoms with van der Waals surface area (Å²) < 4.78 is 0. The highest BCUT2D eigenvalue weighted by Gasteiger charge is 2.40. The molecular formula is C16H13NO2S. The number of anilines is 1. The number of carbonyl (C=O) groups excluding carboxylic acids is 2. The largest absolute Gasteiger partial charge is 0.293 e. The van der Waals surface area contributed by atoms with Crippen LogP contribution in [0.5, 0.6) is 0 Å². The van der Waals surface area contributed by atoms with Crippen molar-refractivity contribution in [1.29, 1.82) is 0 Å². The second kappa shape index (κ2) is 5.51. The third-order valence-corrected chi connectivity index (χ3v) is 4.24. The van der Waals surface area contributed by atoms with Gasteiger partial charge in [0.15, 0.2) is 0 Å². The van der Waals surface area contributed by atoms with Crippen molar-refractivity contribution < 1.29 is 9.59 Å². The number of para-hydroxylation sites is 1. The first kappa shape index (κ1) is 12.9. The summed E-state index contributed by atoms with van der Waals surface area (Å²) in [5.41, 5.74) is 1.71. The zero-order chi connectivity index (χ0) is 13.9. The van der Waals surface area contributed by atoms with Crippen molar-refractivity contribution in [3.63, 3.8) is 0 Å². The molecule has 3 nitrogen and oxygen atoms in total. The van der Waals surface area contributed by atoms with Crippen LogP contribution in [0.3, 0.4) is 0 Å². The van der Waals surface area contributed by atoms with E-state index in [0.717, 1.165) is 17.3 Å². The summed E-state index contributed by atoms with van der Waals surface area (Å²) in [7, 11) is 0. The molecule has 1 heterocycles. The van der Waals surface area contributed by atoms with E-state index >= 15 is 0 Å². The van der Waals surface area contributed by atoms with E-state index in [2.05, 4.69) is 0 Å². The number of imide groups is 1. The van der Waals surface area contributed by atoms with E-state index in [1.54, 1.807) is 12.1 Å². The Bertz CT molecular complexity index is 627. The fraction of sp³-hybridized carbons (Fsp3) is 0.125. The highest BCUT2D eigenvalue weighted by atomic mass is 32.2. The average Bonchev–Trinajstić information content (AvgIpc) is 2.75. The minimum absolute atomic E-state index is 0.130. The van der Waals surface area contributed by atoms with Crippen molar-refractivity contribution in [2.45, 2.75) is 11.7 Å². The van der Waals surface area contributed by atoms with Gasteiger partial charge in [-0.1, -0.05) is 60.3 Å². The van der Waals surface area contributed by atoms with Crippen LogP contribution in [0.4, 0.5) is 10.5 Å². The van der Waals surface area contributed by atoms with Gasteiger partial charge in [0.1, 0.15) is 0 Å². The van der Waals surface area contributed by atoms with E-state index in [1.807, 2.05) is 48.5 Å². The fourth-order valence-electron chi connectivity index (χ4n) is 2.23. The summed E-state index contributed by atoms with van der Waals surface area (Å²) in [5, 5.41) is -0.521. The summed E-state index contributed by atoms with van der Waals surface area (Å²) in [6.45, 7) is 0. The van der Waals surface area contributed by atoms with Gasteiger partial charge in [-0.2, -0.15) is 0 Å². The lowest BCUT2D eigenvalue weighted by Gasteiger charge is -2.13. The predicted molar refractivity (Wildman–Crippen MR) is 80.8 cm³/mol. The van der Waals surface area contributed by atoms with Crippen molar-refractivity contribution in [2.75, 3.05) is 4.90 Å². The van der Waals surface area contributed by atoms with Crippen LogP contribution in [-0.4, -0.2) is 16.4 Å². The smallest absolute Gasteiger partial charge is 0.273 e. The number of benzene rings is 2. The molecule has 20 heavy (non-hydrogen) atoms. The Morgan fingerprint density at radius 2 is 1.50 bits per heavy atom. The summed E-state index contributed by atoms with van der Waals surface area (Å²) in [5.74, 6) is -0.130. The Labute approximate surface area is 121 Å². The Morgan fingerprint density at radius 1 is 0.900 bits per heavy atom. The van der Waals surface area contributed by atoms with E-state index in [9.17, 15) is 9.59 Å². The van der Waals surface area contributed by atoms with E-state index in [1.165, 1.54) is 4.90 Å². The van der Waals surface area contributed by atoms with Crippen LogP contribution in [0.2, 0.25) is 0 Å². The lowest BCUT2D eigenvalue weighted by Crippen LogP contribution is -2.32. The first-order valence-corrected chi connectivity index (χ1v) is 7.27. The van der Waals surface area contributed by atoms with Crippen molar-refractivity contribution >= 4 is 28.6 Å². The molecule has 1 atom stereocenters. The molecular weight excluding hydrogens is 270 g/mol. The molecule has 1 aliphatic rings. The summed E-state index contributed by atoms with van der Waals surface area (Å²) in [6, 6.07) is 18.8. The molecule has 0 unspecified atom stereocenters. The summed E-state index contributed by atoms with van der Waals surface area (Å²) >= 11 is 1.11. The van der Waals surface area contributed by atoms with Crippen molar-refractivity contribution in [1.82, 2.24) is 0 Å². The third kappa shape index (κ3) is 2.47. The number of amides is 2. The zero-order valence-corrected chi connectivity index (χ0v) is 11.5. The van der Waals surface area contributed by atoms with E-state index in [-0.39, 0.29) is 16.4 Å². The van der Waals surface area contributed by atoms with E-state index in [0.29, 0.717) is 12.1 Å². The molecule has 2 aromatic carbocycles. The molecule has 0 bridgehead atoms. The second-order valence-corrected chi connectivity index (χ2v) is 5.73. The maximum atomic E-state index is 12.4. The molecule has 1 aliphatic heterocycles. The van der Waals surface area contributed by atoms with Crippen LogP contribution in [0.15, 0.2) is 60.7 Å². The number of carbonyl (C=O) groups is 2. The van der Waals surface area contributed by atoms with Gasteiger partial charge >= 0.3 is 0 Å². The van der Waals surface area contributed by atoms with Gasteiger partial charge in [-0.15, -0.1) is 0 Å². The first-order chi connectivity index (χ1) is 9.75. The van der Waals surface area contributed by atoms with Gasteiger partial charge in [0, 0.05) is 0 Å². The molecule has 1 fully saturated rings. The van der Waals surface area contributed by atoms with Crippen LogP contribution in [0, 0.1) is 0 Å². The van der Waals surface area contributed by atoms with Gasteiger partial charge in [0.2, 0.25) is 5.91 Å². The molecule has 0 aromatic heterocycles. The number of nitrogens with zero attached hydrogens (tertiary/aromatic N) is 1. The lowest BCUT2D eigenvalue weighted by atomic mass is 10.1. The van der Waals surface area contributed by atoms with Gasteiger partial charge in [0.25, 0.3) is 5.24 Å². The topological polar surface area (TPSA) is 37.4 Å². The first-order valence-electron chi connectivity index (χ1n) is 6.39. The van der Waals surface area contributed by atoms with Gasteiger partial charge in [0.05, 0.1) is 10.9 Å². The Kier molecular flexibility index (Phi) is 3.56. The molecule has 2 aromatic rings. The van der Waals surface area contributed by atoms with Crippen LogP contribution in [0.25, 0.3) is 0 Å². The zero-order valence-electron chi connectivity index (χ0n) is 10.7. The maximum absolute atomic E-state index is 12.4. The monoisotopic (exact) mass is 283 g/mol. The number of hydrogen-bond donors (Lipinski definition) is 0. The second-order valence-electron chi connectivity index (χ2n) is 4.57. The number of rotatable bonds is 3. The van der Waals surface area contributed by atoms with Gasteiger partial charge < -0.3 is 0 Å². The molecule has 1 saturated heterocycles. The van der Waals surface area contributed by atoms with Gasteiger partial charge in [-0.05, 0) is 24.1 Å². The van der Waals surface area contributed by atoms with Crippen LogP contribution in [0.1, 0.15) is 5.56 Å². The molecule has 0 aliphatic carbocycles. The van der Waals surface area contributed by atoms with Crippen molar-refractivity contribution in [3.05, 3.63) is 66.2 Å². The standard InChI is InChI=1S/C16H13NO2S/c18-15-14(11-12-7-3-1-4-8-12)20-16(19)17(15)13-9-5-2-6-10-13/h1-10,14H,11H2/t14-/m1/s1. The molecule has 4 heteroatoms. The molecule has 0 saturated carbocycles. The van der Waals surface area contributed by atoms with Gasteiger partial charge in [-0.25, -0.2) is 4.90 Å². The summed E-state index contributed by atoms with van der Waals surface area (Å²) in [4.78, 5) is 25.7. The molecule has 3 rings (SSSR count). The van der Waals surface area contributed by atoms with Crippen LogP contribution >= 0.6 is 11.8 Å². The fourth-order valence-corrected chi connectivity index (χ4v) is 3.25. The predicted octanol–water partition coefficient (Wildman–Crippen LogP) is 3.50. The Morgan fingerprint density at radius 3 is 2.15 bits per heavy atom. The minimum Gasteiger partial charge on any atom is -0.273 e. The molecule has 0 N–H and O–H groups in total. The summed E-state index contributed by atoms with van der Waals surface area (Å²) in [6.07, 6.45) is 0.583. The van der Waals surface area contributed by atoms with Gasteiger partial charge in [-0.3, -0.25) is 9.59 Å². The third-order valence-electron chi connectivity index (χ3n) is 3.20. The number of thioether (sulfide) groups is 1. The Balaban J connectivity index is 1.81. The van der Waals surface area contributed by atoms with Crippen LogP contribution in [-0.2, 0) is 11.2 Å². The minimum atomic E-state index is -0.329. The molecule has 0 radical (unpaired) electrons. The molecule has 2 amide bonds. The SMILES string of the molecule is O=C1S[C@H](Cc2ccccc2)C(=O)N1c1ccccc1. The van der Waals surface area contributed by atoms with E-state index in [4.69, 9.17) is 0 Å². The number of hydrogen-bond acceptors (Lipinski definition) is 3. The quantitative estimate of drug-likeness (QED) is 0.865. The molecule has 100 valence electrons. The highest BCUT2D eigenvalue weighted by molar-refractivity contribution is 8.15. The van der Waals surface area contributed by atoms with Crippen molar-refractivity contribution in [3.8, 4) is 0 Å².